The molecule has 2 aromatic heterocycles. The van der Waals surface area contributed by atoms with E-state index in [4.69, 9.17) is 5.11 Å². The van der Waals surface area contributed by atoms with Gasteiger partial charge in [0.05, 0.1) is 11.3 Å². The van der Waals surface area contributed by atoms with Gasteiger partial charge >= 0.3 is 5.97 Å². The summed E-state index contributed by atoms with van der Waals surface area (Å²) >= 11 is 0. The van der Waals surface area contributed by atoms with Gasteiger partial charge in [-0.15, -0.1) is 0 Å². The Morgan fingerprint density at radius 1 is 1.26 bits per heavy atom. The average molecular weight is 367 g/mol. The zero-order valence-electron chi connectivity index (χ0n) is 16.0. The first-order valence-electron chi connectivity index (χ1n) is 9.18. The molecule has 2 aromatic rings. The van der Waals surface area contributed by atoms with E-state index in [1.807, 2.05) is 43.9 Å². The highest BCUT2D eigenvalue weighted by atomic mass is 16.4. The minimum Gasteiger partial charge on any atom is -0.478 e. The molecule has 1 aliphatic rings. The highest BCUT2D eigenvalue weighted by molar-refractivity contribution is 5.88. The first-order chi connectivity index (χ1) is 12.7. The van der Waals surface area contributed by atoms with Crippen LogP contribution in [-0.2, 0) is 11.2 Å². The normalized spacial score (nSPS) is 17.1. The third kappa shape index (κ3) is 4.51. The van der Waals surface area contributed by atoms with Gasteiger partial charge in [-0.3, -0.25) is 14.8 Å². The van der Waals surface area contributed by atoms with Gasteiger partial charge < -0.3 is 10.0 Å². The SMILES string of the molecule is CC(C)(C)C(=O)N1CC[C@H](Cc2cccc(-c3cncc(C(=O)O)c3)n2)C1. The van der Waals surface area contributed by atoms with E-state index in [0.29, 0.717) is 17.2 Å². The molecule has 142 valence electrons. The van der Waals surface area contributed by atoms with E-state index in [1.54, 1.807) is 12.3 Å². The summed E-state index contributed by atoms with van der Waals surface area (Å²) in [6, 6.07) is 7.35. The molecule has 1 aliphatic heterocycles. The van der Waals surface area contributed by atoms with Crippen LogP contribution in [-0.4, -0.2) is 44.9 Å². The van der Waals surface area contributed by atoms with Crippen LogP contribution in [0.4, 0.5) is 0 Å². The lowest BCUT2D eigenvalue weighted by molar-refractivity contribution is -0.138. The maximum atomic E-state index is 12.4. The van der Waals surface area contributed by atoms with E-state index in [0.717, 1.165) is 31.6 Å². The monoisotopic (exact) mass is 367 g/mol. The largest absolute Gasteiger partial charge is 0.478 e. The van der Waals surface area contributed by atoms with Gasteiger partial charge in [-0.05, 0) is 37.0 Å². The second-order valence-electron chi connectivity index (χ2n) is 8.14. The molecule has 0 unspecified atom stereocenters. The van der Waals surface area contributed by atoms with Crippen LogP contribution in [0, 0.1) is 11.3 Å². The van der Waals surface area contributed by atoms with Crippen molar-refractivity contribution >= 4 is 11.9 Å². The van der Waals surface area contributed by atoms with E-state index in [2.05, 4.69) is 9.97 Å². The summed E-state index contributed by atoms with van der Waals surface area (Å²) in [5.41, 5.74) is 2.14. The number of carboxylic acids is 1. The smallest absolute Gasteiger partial charge is 0.337 e. The maximum absolute atomic E-state index is 12.4. The van der Waals surface area contributed by atoms with E-state index in [-0.39, 0.29) is 16.9 Å². The molecule has 27 heavy (non-hydrogen) atoms. The van der Waals surface area contributed by atoms with Gasteiger partial charge in [-0.1, -0.05) is 26.8 Å². The van der Waals surface area contributed by atoms with Crippen molar-refractivity contribution in [3.63, 3.8) is 0 Å². The predicted molar refractivity (Wildman–Crippen MR) is 102 cm³/mol. The number of carbonyl (C=O) groups excluding carboxylic acids is 1. The van der Waals surface area contributed by atoms with Crippen LogP contribution in [0.2, 0.25) is 0 Å². The second kappa shape index (κ2) is 7.47. The molecule has 0 aliphatic carbocycles. The molecule has 0 spiro atoms. The molecule has 0 saturated carbocycles. The standard InChI is InChI=1S/C21H25N3O3/c1-21(2,3)20(27)24-8-7-14(13-24)9-17-5-4-6-18(23-17)15-10-16(19(25)26)12-22-11-15/h4-6,10-12,14H,7-9,13H2,1-3H3,(H,25,26)/t14-/m1/s1. The van der Waals surface area contributed by atoms with Crippen LogP contribution < -0.4 is 0 Å². The van der Waals surface area contributed by atoms with Crippen molar-refractivity contribution in [2.75, 3.05) is 13.1 Å². The van der Waals surface area contributed by atoms with Crippen molar-refractivity contribution in [2.24, 2.45) is 11.3 Å². The van der Waals surface area contributed by atoms with Crippen LogP contribution in [0.25, 0.3) is 11.3 Å². The van der Waals surface area contributed by atoms with E-state index < -0.39 is 5.97 Å². The third-order valence-corrected chi connectivity index (χ3v) is 4.80. The highest BCUT2D eigenvalue weighted by Gasteiger charge is 2.32. The Hall–Kier alpha value is -2.76. The van der Waals surface area contributed by atoms with Gasteiger partial charge in [0, 0.05) is 42.2 Å². The van der Waals surface area contributed by atoms with Crippen molar-refractivity contribution < 1.29 is 14.7 Å². The molecular formula is C21H25N3O3. The zero-order valence-corrected chi connectivity index (χ0v) is 16.0. The molecule has 1 N–H and O–H groups in total. The zero-order chi connectivity index (χ0) is 19.6. The van der Waals surface area contributed by atoms with Gasteiger partial charge in [0.1, 0.15) is 0 Å². The summed E-state index contributed by atoms with van der Waals surface area (Å²) in [6.45, 7) is 7.41. The summed E-state index contributed by atoms with van der Waals surface area (Å²) < 4.78 is 0. The number of carbonyl (C=O) groups is 2. The molecule has 3 rings (SSSR count). The lowest BCUT2D eigenvalue weighted by atomic mass is 9.95. The number of aromatic carboxylic acids is 1. The fourth-order valence-electron chi connectivity index (χ4n) is 3.40. The van der Waals surface area contributed by atoms with Crippen molar-refractivity contribution in [1.29, 1.82) is 0 Å². The fourth-order valence-corrected chi connectivity index (χ4v) is 3.40. The van der Waals surface area contributed by atoms with E-state index in [1.165, 1.54) is 6.20 Å². The summed E-state index contributed by atoms with van der Waals surface area (Å²) in [6.07, 6.45) is 4.73. The lowest BCUT2D eigenvalue weighted by Crippen LogP contribution is -2.38. The Bertz CT molecular complexity index is 858. The molecule has 3 heterocycles. The second-order valence-corrected chi connectivity index (χ2v) is 8.14. The van der Waals surface area contributed by atoms with Crippen LogP contribution in [0.15, 0.2) is 36.7 Å². The van der Waals surface area contributed by atoms with Crippen LogP contribution in [0.3, 0.4) is 0 Å². The van der Waals surface area contributed by atoms with Gasteiger partial charge in [-0.2, -0.15) is 0 Å². The molecule has 6 nitrogen and oxygen atoms in total. The Kier molecular flexibility index (Phi) is 5.26. The average Bonchev–Trinajstić information content (AvgIpc) is 3.09. The van der Waals surface area contributed by atoms with Gasteiger partial charge in [-0.25, -0.2) is 4.79 Å². The van der Waals surface area contributed by atoms with E-state index >= 15 is 0 Å². The molecular weight excluding hydrogens is 342 g/mol. The highest BCUT2D eigenvalue weighted by Crippen LogP contribution is 2.26. The number of pyridine rings is 2. The fraction of sp³-hybridized carbons (Fsp3) is 0.429. The molecule has 0 radical (unpaired) electrons. The van der Waals surface area contributed by atoms with Crippen molar-refractivity contribution in [1.82, 2.24) is 14.9 Å². The number of nitrogens with zero attached hydrogens (tertiary/aromatic N) is 3. The Labute approximate surface area is 159 Å². The summed E-state index contributed by atoms with van der Waals surface area (Å²) in [5, 5.41) is 9.13. The molecule has 6 heteroatoms. The van der Waals surface area contributed by atoms with Gasteiger partial charge in [0.2, 0.25) is 5.91 Å². The van der Waals surface area contributed by atoms with Crippen molar-refractivity contribution in [3.8, 4) is 11.3 Å². The number of carboxylic acid groups (broad SMARTS) is 1. The summed E-state index contributed by atoms with van der Waals surface area (Å²) in [5.74, 6) is -0.416. The van der Waals surface area contributed by atoms with Crippen molar-refractivity contribution in [2.45, 2.75) is 33.6 Å². The van der Waals surface area contributed by atoms with E-state index in [9.17, 15) is 9.59 Å². The number of likely N-dealkylation sites (tertiary alicyclic amines) is 1. The quantitative estimate of drug-likeness (QED) is 0.897. The molecule has 0 aromatic carbocycles. The number of amides is 1. The van der Waals surface area contributed by atoms with Gasteiger partial charge in [0.15, 0.2) is 0 Å². The molecule has 1 fully saturated rings. The van der Waals surface area contributed by atoms with Gasteiger partial charge in [0.25, 0.3) is 0 Å². The van der Waals surface area contributed by atoms with Crippen LogP contribution in [0.5, 0.6) is 0 Å². The summed E-state index contributed by atoms with van der Waals surface area (Å²) in [4.78, 5) is 34.2. The summed E-state index contributed by atoms with van der Waals surface area (Å²) in [7, 11) is 0. The topological polar surface area (TPSA) is 83.4 Å². The number of hydrogen-bond donors (Lipinski definition) is 1. The van der Waals surface area contributed by atoms with Crippen LogP contribution in [0.1, 0.15) is 43.2 Å². The third-order valence-electron chi connectivity index (χ3n) is 4.80. The Morgan fingerprint density at radius 2 is 2.04 bits per heavy atom. The lowest BCUT2D eigenvalue weighted by Gasteiger charge is -2.25. The Balaban J connectivity index is 1.71. The maximum Gasteiger partial charge on any atom is 0.337 e. The number of aromatic nitrogens is 2. The minimum atomic E-state index is -1.00. The molecule has 1 saturated heterocycles. The molecule has 1 atom stereocenters. The Morgan fingerprint density at radius 3 is 2.74 bits per heavy atom. The minimum absolute atomic E-state index is 0.145. The predicted octanol–water partition coefficient (Wildman–Crippen LogP) is 3.28. The number of rotatable bonds is 4. The first kappa shape index (κ1) is 19.0. The molecule has 1 amide bonds. The molecule has 0 bridgehead atoms. The van der Waals surface area contributed by atoms with Crippen molar-refractivity contribution in [3.05, 3.63) is 47.9 Å². The number of hydrogen-bond acceptors (Lipinski definition) is 4. The first-order valence-corrected chi connectivity index (χ1v) is 9.18. The van der Waals surface area contributed by atoms with Crippen LogP contribution >= 0.6 is 0 Å².